The summed E-state index contributed by atoms with van der Waals surface area (Å²) in [5.74, 6) is 0.448. The van der Waals surface area contributed by atoms with Crippen molar-refractivity contribution in [3.63, 3.8) is 0 Å². The van der Waals surface area contributed by atoms with E-state index < -0.39 is 0 Å². The number of hydrogen-bond donors (Lipinski definition) is 1. The van der Waals surface area contributed by atoms with Crippen molar-refractivity contribution in [3.8, 4) is 5.75 Å². The lowest BCUT2D eigenvalue weighted by atomic mass is 10.1. The Kier molecular flexibility index (Phi) is 6.84. The summed E-state index contributed by atoms with van der Waals surface area (Å²) in [5.41, 5.74) is 2.00. The van der Waals surface area contributed by atoms with Gasteiger partial charge in [0.15, 0.2) is 0 Å². The molecule has 0 aromatic heterocycles. The van der Waals surface area contributed by atoms with Gasteiger partial charge in [-0.05, 0) is 42.3 Å². The standard InChI is InChI=1S/C22H25N3O4/c1-29-20-7-2-4-17(14-20)8-9-23-21(27)18-5-3-6-19(15-18)22(28)25-12-10-24(16-26)11-13-25/h2-7,14-16H,8-13H2,1H3,(H,23,27). The summed E-state index contributed by atoms with van der Waals surface area (Å²) < 4.78 is 5.21. The van der Waals surface area contributed by atoms with Gasteiger partial charge >= 0.3 is 0 Å². The molecular formula is C22H25N3O4. The number of hydrogen-bond acceptors (Lipinski definition) is 4. The van der Waals surface area contributed by atoms with Crippen LogP contribution in [0.15, 0.2) is 48.5 Å². The van der Waals surface area contributed by atoms with E-state index in [1.807, 2.05) is 24.3 Å². The monoisotopic (exact) mass is 395 g/mol. The first-order chi connectivity index (χ1) is 14.1. The van der Waals surface area contributed by atoms with Crippen LogP contribution in [0.4, 0.5) is 0 Å². The number of methoxy groups -OCH3 is 1. The average Bonchev–Trinajstić information content (AvgIpc) is 2.78. The van der Waals surface area contributed by atoms with Crippen molar-refractivity contribution in [1.82, 2.24) is 15.1 Å². The van der Waals surface area contributed by atoms with Gasteiger partial charge in [0.1, 0.15) is 5.75 Å². The van der Waals surface area contributed by atoms with Gasteiger partial charge in [0.05, 0.1) is 7.11 Å². The summed E-state index contributed by atoms with van der Waals surface area (Å²) in [6, 6.07) is 14.5. The Bertz CT molecular complexity index is 876. The molecule has 0 bridgehead atoms. The maximum Gasteiger partial charge on any atom is 0.253 e. The van der Waals surface area contributed by atoms with Crippen molar-refractivity contribution >= 4 is 18.2 Å². The highest BCUT2D eigenvalue weighted by Gasteiger charge is 2.21. The molecule has 1 saturated heterocycles. The highest BCUT2D eigenvalue weighted by atomic mass is 16.5. The van der Waals surface area contributed by atoms with Gasteiger partial charge in [0.25, 0.3) is 11.8 Å². The summed E-state index contributed by atoms with van der Waals surface area (Å²) in [7, 11) is 1.62. The van der Waals surface area contributed by atoms with Crippen LogP contribution in [0.1, 0.15) is 26.3 Å². The van der Waals surface area contributed by atoms with E-state index in [1.54, 1.807) is 41.2 Å². The number of nitrogens with zero attached hydrogens (tertiary/aromatic N) is 2. The van der Waals surface area contributed by atoms with Crippen LogP contribution in [0, 0.1) is 0 Å². The Morgan fingerprint density at radius 2 is 1.76 bits per heavy atom. The van der Waals surface area contributed by atoms with E-state index in [9.17, 15) is 14.4 Å². The maximum atomic E-state index is 12.7. The summed E-state index contributed by atoms with van der Waals surface area (Å²) in [6.07, 6.45) is 1.49. The molecule has 1 aliphatic rings. The molecule has 3 rings (SSSR count). The summed E-state index contributed by atoms with van der Waals surface area (Å²) in [5, 5.41) is 2.89. The molecule has 1 aliphatic heterocycles. The summed E-state index contributed by atoms with van der Waals surface area (Å²) >= 11 is 0. The van der Waals surface area contributed by atoms with Crippen molar-refractivity contribution in [2.24, 2.45) is 0 Å². The number of amides is 3. The van der Waals surface area contributed by atoms with Gasteiger partial charge in [-0.3, -0.25) is 14.4 Å². The number of benzene rings is 2. The number of carbonyl (C=O) groups excluding carboxylic acids is 3. The molecule has 1 heterocycles. The number of piperazine rings is 1. The Morgan fingerprint density at radius 1 is 1.03 bits per heavy atom. The van der Waals surface area contributed by atoms with Crippen LogP contribution in [0.25, 0.3) is 0 Å². The number of rotatable bonds is 7. The molecule has 7 nitrogen and oxygen atoms in total. The van der Waals surface area contributed by atoms with Gasteiger partial charge in [0, 0.05) is 43.9 Å². The lowest BCUT2D eigenvalue weighted by Crippen LogP contribution is -2.48. The molecule has 0 saturated carbocycles. The lowest BCUT2D eigenvalue weighted by molar-refractivity contribution is -0.119. The minimum Gasteiger partial charge on any atom is -0.497 e. The molecule has 152 valence electrons. The first-order valence-electron chi connectivity index (χ1n) is 9.60. The molecule has 7 heteroatoms. The number of ether oxygens (including phenoxy) is 1. The highest BCUT2D eigenvalue weighted by molar-refractivity contribution is 5.99. The van der Waals surface area contributed by atoms with Crippen LogP contribution < -0.4 is 10.1 Å². The summed E-state index contributed by atoms with van der Waals surface area (Å²) in [4.78, 5) is 39.4. The Labute approximate surface area is 170 Å². The molecule has 0 unspecified atom stereocenters. The van der Waals surface area contributed by atoms with Crippen molar-refractivity contribution in [3.05, 3.63) is 65.2 Å². The smallest absolute Gasteiger partial charge is 0.253 e. The maximum absolute atomic E-state index is 12.7. The third-order valence-corrected chi connectivity index (χ3v) is 4.96. The van der Waals surface area contributed by atoms with Crippen molar-refractivity contribution in [1.29, 1.82) is 0 Å². The Hall–Kier alpha value is -3.35. The average molecular weight is 395 g/mol. The molecule has 3 amide bonds. The molecule has 1 N–H and O–H groups in total. The van der Waals surface area contributed by atoms with Gasteiger partial charge in [0.2, 0.25) is 6.41 Å². The second-order valence-electron chi connectivity index (χ2n) is 6.87. The fourth-order valence-electron chi connectivity index (χ4n) is 3.26. The summed E-state index contributed by atoms with van der Waals surface area (Å²) in [6.45, 7) is 2.53. The van der Waals surface area contributed by atoms with Crippen LogP contribution in [0.2, 0.25) is 0 Å². The van der Waals surface area contributed by atoms with Crippen LogP contribution in [0.5, 0.6) is 5.75 Å². The second-order valence-corrected chi connectivity index (χ2v) is 6.87. The van der Waals surface area contributed by atoms with Crippen molar-refractivity contribution in [2.75, 3.05) is 39.8 Å². The molecule has 0 spiro atoms. The van der Waals surface area contributed by atoms with E-state index in [2.05, 4.69) is 5.32 Å². The molecule has 2 aromatic carbocycles. The largest absolute Gasteiger partial charge is 0.497 e. The number of nitrogens with one attached hydrogen (secondary N) is 1. The molecule has 1 fully saturated rings. The first kappa shape index (κ1) is 20.4. The van der Waals surface area contributed by atoms with Crippen LogP contribution in [-0.4, -0.2) is 67.9 Å². The van der Waals surface area contributed by atoms with E-state index in [0.717, 1.165) is 17.7 Å². The lowest BCUT2D eigenvalue weighted by Gasteiger charge is -2.32. The minimum atomic E-state index is -0.215. The van der Waals surface area contributed by atoms with Crippen LogP contribution in [0.3, 0.4) is 0 Å². The van der Waals surface area contributed by atoms with E-state index in [1.165, 1.54) is 0 Å². The van der Waals surface area contributed by atoms with E-state index >= 15 is 0 Å². The van der Waals surface area contributed by atoms with E-state index in [0.29, 0.717) is 50.3 Å². The molecule has 29 heavy (non-hydrogen) atoms. The van der Waals surface area contributed by atoms with Gasteiger partial charge in [-0.25, -0.2) is 0 Å². The first-order valence-corrected chi connectivity index (χ1v) is 9.60. The predicted molar refractivity (Wildman–Crippen MR) is 109 cm³/mol. The highest BCUT2D eigenvalue weighted by Crippen LogP contribution is 2.13. The zero-order valence-electron chi connectivity index (χ0n) is 16.5. The molecule has 0 atom stereocenters. The van der Waals surface area contributed by atoms with Crippen LogP contribution >= 0.6 is 0 Å². The predicted octanol–water partition coefficient (Wildman–Crippen LogP) is 1.58. The van der Waals surface area contributed by atoms with Gasteiger partial charge < -0.3 is 19.9 Å². The fraction of sp³-hybridized carbons (Fsp3) is 0.318. The Balaban J connectivity index is 1.56. The Morgan fingerprint density at radius 3 is 2.48 bits per heavy atom. The SMILES string of the molecule is COc1cccc(CCNC(=O)c2cccc(C(=O)N3CCN(C=O)CC3)c2)c1. The van der Waals surface area contributed by atoms with Crippen molar-refractivity contribution in [2.45, 2.75) is 6.42 Å². The van der Waals surface area contributed by atoms with Crippen molar-refractivity contribution < 1.29 is 19.1 Å². The van der Waals surface area contributed by atoms with Gasteiger partial charge in [-0.15, -0.1) is 0 Å². The normalized spacial score (nSPS) is 13.7. The second kappa shape index (κ2) is 9.73. The van der Waals surface area contributed by atoms with Gasteiger partial charge in [-0.2, -0.15) is 0 Å². The fourth-order valence-corrected chi connectivity index (χ4v) is 3.26. The molecular weight excluding hydrogens is 370 g/mol. The zero-order valence-corrected chi connectivity index (χ0v) is 16.5. The topological polar surface area (TPSA) is 79.0 Å². The molecule has 0 radical (unpaired) electrons. The minimum absolute atomic E-state index is 0.124. The van der Waals surface area contributed by atoms with E-state index in [-0.39, 0.29) is 11.8 Å². The third-order valence-electron chi connectivity index (χ3n) is 4.96. The zero-order chi connectivity index (χ0) is 20.6. The number of carbonyl (C=O) groups is 3. The van der Waals surface area contributed by atoms with Gasteiger partial charge in [-0.1, -0.05) is 18.2 Å². The van der Waals surface area contributed by atoms with Crippen LogP contribution in [-0.2, 0) is 11.2 Å². The molecule has 0 aliphatic carbocycles. The van der Waals surface area contributed by atoms with E-state index in [4.69, 9.17) is 4.74 Å². The third kappa shape index (κ3) is 5.34. The molecule has 2 aromatic rings. The quantitative estimate of drug-likeness (QED) is 0.722.